The molecule has 3 aromatic carbocycles. The summed E-state index contributed by atoms with van der Waals surface area (Å²) in [5.74, 6) is 0. The van der Waals surface area contributed by atoms with Gasteiger partial charge in [0.2, 0.25) is 6.71 Å². The van der Waals surface area contributed by atoms with Gasteiger partial charge in [-0.25, -0.2) is 0 Å². The molecule has 0 nitrogen and oxygen atoms in total. The number of hydrogen-bond acceptors (Lipinski definition) is 0. The molecule has 0 fully saturated rings. The van der Waals surface area contributed by atoms with Crippen molar-refractivity contribution in [1.82, 2.24) is 0 Å². The molecule has 0 N–H and O–H groups in total. The molecule has 24 heavy (non-hydrogen) atoms. The van der Waals surface area contributed by atoms with Gasteiger partial charge in [-0.1, -0.05) is 118 Å². The zero-order valence-electron chi connectivity index (χ0n) is 14.9. The zero-order valence-corrected chi connectivity index (χ0v) is 15.9. The molecule has 4 rings (SSSR count). The molecule has 0 bridgehead atoms. The van der Waals surface area contributed by atoms with E-state index in [1.54, 1.807) is 10.4 Å². The highest BCUT2D eigenvalue weighted by molar-refractivity contribution is 7.14. The molecule has 0 saturated carbocycles. The van der Waals surface area contributed by atoms with Crippen molar-refractivity contribution in [1.29, 1.82) is 0 Å². The lowest BCUT2D eigenvalue weighted by Gasteiger charge is -2.38. The van der Waals surface area contributed by atoms with Crippen molar-refractivity contribution in [2.75, 3.05) is 0 Å². The Balaban J connectivity index is 2.10. The molecule has 1 heterocycles. The second kappa shape index (κ2) is 5.49. The van der Waals surface area contributed by atoms with E-state index in [4.69, 9.17) is 0 Å². The van der Waals surface area contributed by atoms with Crippen molar-refractivity contribution in [2.45, 2.75) is 26.9 Å². The van der Waals surface area contributed by atoms with Crippen LogP contribution in [0.15, 0.2) is 66.7 Å². The van der Waals surface area contributed by atoms with Gasteiger partial charge < -0.3 is 0 Å². The minimum Gasteiger partial charge on any atom is -0.0689 e. The summed E-state index contributed by atoms with van der Waals surface area (Å²) in [6, 6.07) is 25.0. The molecule has 0 spiro atoms. The van der Waals surface area contributed by atoms with Crippen LogP contribution in [0.2, 0.25) is 13.1 Å². The van der Waals surface area contributed by atoms with E-state index < -0.39 is 8.07 Å². The van der Waals surface area contributed by atoms with Gasteiger partial charge in [-0.05, 0) is 13.8 Å². The van der Waals surface area contributed by atoms with Crippen molar-refractivity contribution in [3.05, 3.63) is 77.9 Å². The van der Waals surface area contributed by atoms with Crippen LogP contribution in [0.3, 0.4) is 0 Å². The predicted octanol–water partition coefficient (Wildman–Crippen LogP) is 1.96. The Morgan fingerprint density at radius 1 is 0.625 bits per heavy atom. The average molecular weight is 326 g/mol. The van der Waals surface area contributed by atoms with E-state index in [9.17, 15) is 0 Å². The number of hydrogen-bond donors (Lipinski definition) is 0. The molecule has 0 atom stereocenters. The van der Waals surface area contributed by atoms with E-state index in [0.717, 1.165) is 0 Å². The Morgan fingerprint density at radius 2 is 1.08 bits per heavy atom. The standard InChI is InChI=1S/C22H23BSi/c1-16-10-9-11-17(2)22(16)23-18-12-5-7-14-20(18)24(3,4)21-15-8-6-13-19(21)23/h5-15H,1-4H3. The van der Waals surface area contributed by atoms with Crippen LogP contribution >= 0.6 is 0 Å². The second-order valence-corrected chi connectivity index (χ2v) is 11.9. The lowest BCUT2D eigenvalue weighted by atomic mass is 9.35. The van der Waals surface area contributed by atoms with Crippen LogP contribution in [-0.4, -0.2) is 14.8 Å². The summed E-state index contributed by atoms with van der Waals surface area (Å²) in [7, 11) is -1.64. The fourth-order valence-electron chi connectivity index (χ4n) is 4.54. The van der Waals surface area contributed by atoms with Gasteiger partial charge in [-0.3, -0.25) is 0 Å². The Kier molecular flexibility index (Phi) is 3.54. The van der Waals surface area contributed by atoms with Gasteiger partial charge in [-0.2, -0.15) is 0 Å². The van der Waals surface area contributed by atoms with Gasteiger partial charge in [0.1, 0.15) is 8.07 Å². The highest BCUT2D eigenvalue weighted by Gasteiger charge is 2.41. The highest BCUT2D eigenvalue weighted by Crippen LogP contribution is 2.11. The first-order valence-corrected chi connectivity index (χ1v) is 11.8. The van der Waals surface area contributed by atoms with Crippen LogP contribution in [0.1, 0.15) is 11.1 Å². The molecule has 3 aromatic rings. The van der Waals surface area contributed by atoms with Crippen LogP contribution < -0.4 is 26.8 Å². The SMILES string of the molecule is Cc1cccc(C)c1B1c2ccccc2[Si](C)(C)c2ccccc21. The maximum atomic E-state index is 2.49. The van der Waals surface area contributed by atoms with Crippen molar-refractivity contribution in [2.24, 2.45) is 0 Å². The molecular formula is C22H23BSi. The van der Waals surface area contributed by atoms with Crippen LogP contribution in [0.5, 0.6) is 0 Å². The van der Waals surface area contributed by atoms with Crippen molar-refractivity contribution in [3.63, 3.8) is 0 Å². The molecule has 118 valence electrons. The quantitative estimate of drug-likeness (QED) is 0.600. The monoisotopic (exact) mass is 326 g/mol. The number of rotatable bonds is 1. The van der Waals surface area contributed by atoms with E-state index >= 15 is 0 Å². The van der Waals surface area contributed by atoms with E-state index in [0.29, 0.717) is 6.71 Å². The van der Waals surface area contributed by atoms with Crippen molar-refractivity contribution in [3.8, 4) is 0 Å². The maximum absolute atomic E-state index is 2.49. The minimum absolute atomic E-state index is 0.360. The summed E-state index contributed by atoms with van der Waals surface area (Å²) in [5.41, 5.74) is 7.31. The third kappa shape index (κ3) is 2.13. The van der Waals surface area contributed by atoms with Crippen molar-refractivity contribution < 1.29 is 0 Å². The lowest BCUT2D eigenvalue weighted by molar-refractivity contribution is 1.43. The zero-order chi connectivity index (χ0) is 16.9. The molecular weight excluding hydrogens is 303 g/mol. The number of benzene rings is 3. The molecule has 2 heteroatoms. The molecule has 1 aliphatic rings. The Hall–Kier alpha value is -2.06. The Labute approximate surface area is 146 Å². The topological polar surface area (TPSA) is 0 Å². The molecule has 0 radical (unpaired) electrons. The van der Waals surface area contributed by atoms with E-state index in [2.05, 4.69) is 93.7 Å². The third-order valence-electron chi connectivity index (χ3n) is 5.72. The number of fused-ring (bicyclic) bond motifs is 2. The average Bonchev–Trinajstić information content (AvgIpc) is 2.58. The van der Waals surface area contributed by atoms with Gasteiger partial charge in [0.25, 0.3) is 0 Å². The largest absolute Gasteiger partial charge is 0.241 e. The first kappa shape index (κ1) is 15.5. The second-order valence-electron chi connectivity index (χ2n) is 7.54. The first-order chi connectivity index (χ1) is 11.5. The van der Waals surface area contributed by atoms with Crippen LogP contribution in [0.4, 0.5) is 0 Å². The number of aryl methyl sites for hydroxylation is 2. The van der Waals surface area contributed by atoms with Gasteiger partial charge in [-0.15, -0.1) is 0 Å². The molecule has 0 amide bonds. The molecule has 0 aliphatic carbocycles. The van der Waals surface area contributed by atoms with E-state index in [1.807, 2.05) is 0 Å². The van der Waals surface area contributed by atoms with Crippen LogP contribution in [-0.2, 0) is 0 Å². The van der Waals surface area contributed by atoms with Gasteiger partial charge in [0.05, 0.1) is 0 Å². The summed E-state index contributed by atoms with van der Waals surface area (Å²) in [5, 5.41) is 3.19. The molecule has 0 saturated heterocycles. The summed E-state index contributed by atoms with van der Waals surface area (Å²) < 4.78 is 0. The van der Waals surface area contributed by atoms with Gasteiger partial charge in [0, 0.05) is 0 Å². The summed E-state index contributed by atoms with van der Waals surface area (Å²) >= 11 is 0. The Morgan fingerprint density at radius 3 is 1.58 bits per heavy atom. The normalized spacial score (nSPS) is 14.9. The molecule has 1 aliphatic heterocycles. The predicted molar refractivity (Wildman–Crippen MR) is 110 cm³/mol. The highest BCUT2D eigenvalue weighted by atomic mass is 28.3. The smallest absolute Gasteiger partial charge is 0.0689 e. The third-order valence-corrected chi connectivity index (χ3v) is 9.33. The van der Waals surface area contributed by atoms with Crippen LogP contribution in [0, 0.1) is 13.8 Å². The fraction of sp³-hybridized carbons (Fsp3) is 0.182. The summed E-state index contributed by atoms with van der Waals surface area (Å²) in [4.78, 5) is 0. The molecule has 0 unspecified atom stereocenters. The fourth-order valence-corrected chi connectivity index (χ4v) is 7.76. The Bertz CT molecular complexity index is 857. The summed E-state index contributed by atoms with van der Waals surface area (Å²) in [6.07, 6.45) is 0. The molecule has 0 aromatic heterocycles. The van der Waals surface area contributed by atoms with Gasteiger partial charge >= 0.3 is 0 Å². The van der Waals surface area contributed by atoms with Crippen molar-refractivity contribution >= 4 is 41.5 Å². The lowest BCUT2D eigenvalue weighted by Crippen LogP contribution is -2.76. The van der Waals surface area contributed by atoms with E-state index in [1.165, 1.54) is 27.5 Å². The summed E-state index contributed by atoms with van der Waals surface area (Å²) in [6.45, 7) is 9.85. The van der Waals surface area contributed by atoms with Gasteiger partial charge in [0.15, 0.2) is 0 Å². The maximum Gasteiger partial charge on any atom is 0.241 e. The first-order valence-electron chi connectivity index (χ1n) is 8.76. The minimum atomic E-state index is -1.64. The van der Waals surface area contributed by atoms with Crippen LogP contribution in [0.25, 0.3) is 0 Å². The van der Waals surface area contributed by atoms with E-state index in [-0.39, 0.29) is 0 Å².